The number of halogens is 1. The Morgan fingerprint density at radius 3 is 2.79 bits per heavy atom. The van der Waals surface area contributed by atoms with Gasteiger partial charge in [0.25, 0.3) is 0 Å². The van der Waals surface area contributed by atoms with E-state index in [4.69, 9.17) is 0 Å². The fourth-order valence-electron chi connectivity index (χ4n) is 2.14. The van der Waals surface area contributed by atoms with Crippen molar-refractivity contribution in [2.75, 3.05) is 5.32 Å². The van der Waals surface area contributed by atoms with Crippen LogP contribution in [0, 0.1) is 5.82 Å². The number of nitrogens with zero attached hydrogens (tertiary/aromatic N) is 1. The van der Waals surface area contributed by atoms with E-state index in [0.29, 0.717) is 28.7 Å². The fraction of sp³-hybridized carbons (Fsp3) is 0. The molecule has 0 aliphatic heterocycles. The lowest BCUT2D eigenvalue weighted by Gasteiger charge is -2.10. The van der Waals surface area contributed by atoms with Crippen LogP contribution in [0.2, 0.25) is 0 Å². The van der Waals surface area contributed by atoms with Crippen LogP contribution < -0.4 is 5.32 Å². The lowest BCUT2D eigenvalue weighted by atomic mass is 10.0. The molecule has 0 saturated carbocycles. The zero-order chi connectivity index (χ0) is 13.2. The number of hydrogen-bond acceptors (Lipinski definition) is 2. The van der Waals surface area contributed by atoms with Crippen LogP contribution in [0.3, 0.4) is 0 Å². The van der Waals surface area contributed by atoms with Crippen LogP contribution >= 0.6 is 0 Å². The lowest BCUT2D eigenvalue weighted by Crippen LogP contribution is -1.98. The van der Waals surface area contributed by atoms with Crippen molar-refractivity contribution in [3.05, 3.63) is 48.5 Å². The van der Waals surface area contributed by atoms with Gasteiger partial charge in [-0.2, -0.15) is 0 Å². The fourth-order valence-corrected chi connectivity index (χ4v) is 2.14. The van der Waals surface area contributed by atoms with E-state index in [1.807, 2.05) is 30.3 Å². The van der Waals surface area contributed by atoms with Gasteiger partial charge >= 0.3 is 0 Å². The topological polar surface area (TPSA) is 57.8 Å². The number of amides is 1. The van der Waals surface area contributed by atoms with Crippen molar-refractivity contribution < 1.29 is 9.18 Å². The SMILES string of the molecule is O=CNc1cc(F)c2[nH]cnc2c1-c1ccccc1. The van der Waals surface area contributed by atoms with Crippen LogP contribution in [0.25, 0.3) is 22.2 Å². The Kier molecular flexibility index (Phi) is 2.72. The number of carbonyl (C=O) groups excluding carboxylic acids is 1. The number of nitrogens with one attached hydrogen (secondary N) is 2. The van der Waals surface area contributed by atoms with E-state index in [-0.39, 0.29) is 0 Å². The van der Waals surface area contributed by atoms with Gasteiger partial charge in [-0.1, -0.05) is 30.3 Å². The molecular weight excluding hydrogens is 245 g/mol. The highest BCUT2D eigenvalue weighted by atomic mass is 19.1. The van der Waals surface area contributed by atoms with Crippen LogP contribution in [0.4, 0.5) is 10.1 Å². The van der Waals surface area contributed by atoms with Gasteiger partial charge in [-0.25, -0.2) is 9.37 Å². The summed E-state index contributed by atoms with van der Waals surface area (Å²) >= 11 is 0. The summed E-state index contributed by atoms with van der Waals surface area (Å²) in [5, 5.41) is 2.52. The minimum atomic E-state index is -0.448. The number of benzene rings is 2. The third kappa shape index (κ3) is 1.85. The van der Waals surface area contributed by atoms with Gasteiger partial charge in [0.2, 0.25) is 6.41 Å². The van der Waals surface area contributed by atoms with Gasteiger partial charge in [-0.3, -0.25) is 4.79 Å². The summed E-state index contributed by atoms with van der Waals surface area (Å²) in [6, 6.07) is 10.7. The Morgan fingerprint density at radius 2 is 2.05 bits per heavy atom. The molecule has 1 amide bonds. The van der Waals surface area contributed by atoms with Crippen LogP contribution in [0.1, 0.15) is 0 Å². The lowest BCUT2D eigenvalue weighted by molar-refractivity contribution is -0.105. The predicted molar refractivity (Wildman–Crippen MR) is 71.2 cm³/mol. The number of aromatic nitrogens is 2. The van der Waals surface area contributed by atoms with E-state index >= 15 is 0 Å². The number of hydrogen-bond donors (Lipinski definition) is 2. The van der Waals surface area contributed by atoms with Crippen LogP contribution in [0.5, 0.6) is 0 Å². The van der Waals surface area contributed by atoms with E-state index in [2.05, 4.69) is 15.3 Å². The molecule has 0 spiro atoms. The second kappa shape index (κ2) is 4.53. The van der Waals surface area contributed by atoms with Gasteiger partial charge in [0.1, 0.15) is 11.0 Å². The van der Waals surface area contributed by atoms with Crippen molar-refractivity contribution in [3.63, 3.8) is 0 Å². The minimum absolute atomic E-state index is 0.329. The van der Waals surface area contributed by atoms with Gasteiger partial charge < -0.3 is 10.3 Å². The molecule has 94 valence electrons. The first kappa shape index (κ1) is 11.4. The summed E-state index contributed by atoms with van der Waals surface area (Å²) in [7, 11) is 0. The smallest absolute Gasteiger partial charge is 0.211 e. The normalized spacial score (nSPS) is 10.6. The first-order valence-electron chi connectivity index (χ1n) is 5.72. The molecule has 0 saturated heterocycles. The zero-order valence-electron chi connectivity index (χ0n) is 9.85. The highest BCUT2D eigenvalue weighted by molar-refractivity contribution is 6.01. The summed E-state index contributed by atoms with van der Waals surface area (Å²) in [4.78, 5) is 17.6. The van der Waals surface area contributed by atoms with E-state index in [9.17, 15) is 9.18 Å². The second-order valence-corrected chi connectivity index (χ2v) is 4.04. The first-order chi connectivity index (χ1) is 9.31. The molecule has 3 aromatic rings. The highest BCUT2D eigenvalue weighted by Crippen LogP contribution is 2.35. The minimum Gasteiger partial charge on any atom is -0.342 e. The quantitative estimate of drug-likeness (QED) is 0.707. The standard InChI is InChI=1S/C14H10FN3O/c15-10-6-11(18-8-19)12(9-4-2-1-3-5-9)14-13(10)16-7-17-14/h1-8H,(H,16,17)(H,18,19). The molecule has 0 aliphatic carbocycles. The summed E-state index contributed by atoms with van der Waals surface area (Å²) in [6.07, 6.45) is 1.96. The molecule has 2 aromatic carbocycles. The highest BCUT2D eigenvalue weighted by Gasteiger charge is 2.15. The van der Waals surface area contributed by atoms with Crippen molar-refractivity contribution in [1.29, 1.82) is 0 Å². The number of imidazole rings is 1. The second-order valence-electron chi connectivity index (χ2n) is 4.04. The maximum atomic E-state index is 13.9. The Morgan fingerprint density at radius 1 is 1.26 bits per heavy atom. The molecule has 1 aromatic heterocycles. The average Bonchev–Trinajstić information content (AvgIpc) is 2.90. The Labute approximate surface area is 108 Å². The van der Waals surface area contributed by atoms with Gasteiger partial charge in [0.05, 0.1) is 12.0 Å². The maximum absolute atomic E-state index is 13.9. The Bertz CT molecular complexity index is 737. The molecule has 0 unspecified atom stereocenters. The van der Waals surface area contributed by atoms with Crippen molar-refractivity contribution in [2.45, 2.75) is 0 Å². The first-order valence-corrected chi connectivity index (χ1v) is 5.72. The molecule has 3 rings (SSSR count). The monoisotopic (exact) mass is 255 g/mol. The summed E-state index contributed by atoms with van der Waals surface area (Å²) in [6.45, 7) is 0. The number of fused-ring (bicyclic) bond motifs is 1. The summed E-state index contributed by atoms with van der Waals surface area (Å²) in [5.74, 6) is -0.448. The molecular formula is C14H10FN3O. The third-order valence-electron chi connectivity index (χ3n) is 2.93. The number of anilines is 1. The number of aromatic amines is 1. The van der Waals surface area contributed by atoms with Gasteiger partial charge in [-0.15, -0.1) is 0 Å². The Balaban J connectivity index is 2.37. The summed E-state index contributed by atoms with van der Waals surface area (Å²) < 4.78 is 13.9. The van der Waals surface area contributed by atoms with Crippen LogP contribution in [0.15, 0.2) is 42.7 Å². The van der Waals surface area contributed by atoms with Crippen LogP contribution in [-0.4, -0.2) is 16.4 Å². The molecule has 4 nitrogen and oxygen atoms in total. The Hall–Kier alpha value is -2.69. The predicted octanol–water partition coefficient (Wildman–Crippen LogP) is 2.94. The number of rotatable bonds is 3. The maximum Gasteiger partial charge on any atom is 0.211 e. The molecule has 0 atom stereocenters. The average molecular weight is 255 g/mol. The van der Waals surface area contributed by atoms with Crippen molar-refractivity contribution in [1.82, 2.24) is 9.97 Å². The van der Waals surface area contributed by atoms with E-state index in [0.717, 1.165) is 5.56 Å². The molecule has 0 radical (unpaired) electrons. The largest absolute Gasteiger partial charge is 0.342 e. The van der Waals surface area contributed by atoms with Crippen molar-refractivity contribution in [3.8, 4) is 11.1 Å². The van der Waals surface area contributed by atoms with Crippen molar-refractivity contribution >= 4 is 23.1 Å². The van der Waals surface area contributed by atoms with E-state index < -0.39 is 5.82 Å². The molecule has 0 aliphatic rings. The number of H-pyrrole nitrogens is 1. The van der Waals surface area contributed by atoms with Gasteiger partial charge in [0.15, 0.2) is 5.82 Å². The molecule has 2 N–H and O–H groups in total. The summed E-state index contributed by atoms with van der Waals surface area (Å²) in [5.41, 5.74) is 2.79. The van der Waals surface area contributed by atoms with Crippen LogP contribution in [-0.2, 0) is 4.79 Å². The third-order valence-corrected chi connectivity index (χ3v) is 2.93. The van der Waals surface area contributed by atoms with E-state index in [1.165, 1.54) is 12.4 Å². The molecule has 0 fully saturated rings. The van der Waals surface area contributed by atoms with Gasteiger partial charge in [0, 0.05) is 11.6 Å². The zero-order valence-corrected chi connectivity index (χ0v) is 9.85. The molecule has 19 heavy (non-hydrogen) atoms. The number of carbonyl (C=O) groups is 1. The molecule has 1 heterocycles. The van der Waals surface area contributed by atoms with Gasteiger partial charge in [-0.05, 0) is 5.56 Å². The molecule has 5 heteroatoms. The van der Waals surface area contributed by atoms with E-state index in [1.54, 1.807) is 0 Å². The molecule has 0 bridgehead atoms. The van der Waals surface area contributed by atoms with Crippen molar-refractivity contribution in [2.24, 2.45) is 0 Å².